The Morgan fingerprint density at radius 3 is 2.55 bits per heavy atom. The van der Waals surface area contributed by atoms with Crippen molar-refractivity contribution < 1.29 is 5.11 Å². The summed E-state index contributed by atoms with van der Waals surface area (Å²) in [6.45, 7) is 3.50. The summed E-state index contributed by atoms with van der Waals surface area (Å²) in [5, 5.41) is 13.6. The third kappa shape index (κ3) is 1.94. The molecule has 1 saturated heterocycles. The predicted molar refractivity (Wildman–Crippen MR) is 74.2 cm³/mol. The summed E-state index contributed by atoms with van der Waals surface area (Å²) in [6.07, 6.45) is 5.43. The molecule has 1 N–H and O–H groups in total. The first-order valence-corrected chi connectivity index (χ1v) is 7.13. The van der Waals surface area contributed by atoms with E-state index in [1.165, 1.54) is 5.69 Å². The number of aromatic nitrogens is 3. The van der Waals surface area contributed by atoms with Crippen LogP contribution in [0.5, 0.6) is 0 Å². The van der Waals surface area contributed by atoms with E-state index in [1.54, 1.807) is 12.4 Å². The molecule has 0 bridgehead atoms. The molecule has 1 unspecified atom stereocenters. The molecule has 104 valence electrons. The van der Waals surface area contributed by atoms with Gasteiger partial charge in [-0.1, -0.05) is 0 Å². The second kappa shape index (κ2) is 4.68. The first kappa shape index (κ1) is 12.1. The molecule has 3 atom stereocenters. The zero-order valence-electron chi connectivity index (χ0n) is 11.3. The highest BCUT2D eigenvalue weighted by molar-refractivity contribution is 5.30. The summed E-state index contributed by atoms with van der Waals surface area (Å²) < 4.78 is 1.98. The van der Waals surface area contributed by atoms with Crippen molar-refractivity contribution in [3.63, 3.8) is 0 Å². The van der Waals surface area contributed by atoms with Crippen molar-refractivity contribution in [1.29, 1.82) is 0 Å². The fraction of sp³-hybridized carbons (Fsp3) is 0.467. The van der Waals surface area contributed by atoms with E-state index in [0.717, 1.165) is 37.2 Å². The lowest BCUT2D eigenvalue weighted by Gasteiger charge is -2.19. The second-order valence-corrected chi connectivity index (χ2v) is 5.81. The summed E-state index contributed by atoms with van der Waals surface area (Å²) >= 11 is 0. The fourth-order valence-corrected chi connectivity index (χ4v) is 3.53. The number of piperidine rings is 1. The maximum absolute atomic E-state index is 9.21. The van der Waals surface area contributed by atoms with Crippen LogP contribution in [0.4, 0.5) is 0 Å². The normalized spacial score (nSPS) is 28.6. The minimum absolute atomic E-state index is 0.359. The van der Waals surface area contributed by atoms with Gasteiger partial charge >= 0.3 is 0 Å². The van der Waals surface area contributed by atoms with Crippen molar-refractivity contribution in [3.8, 4) is 5.69 Å². The molecule has 0 radical (unpaired) electrons. The van der Waals surface area contributed by atoms with Gasteiger partial charge in [-0.2, -0.15) is 5.10 Å². The van der Waals surface area contributed by atoms with Crippen LogP contribution in [0.3, 0.4) is 0 Å². The molecular formula is C15H18N4O. The summed E-state index contributed by atoms with van der Waals surface area (Å²) in [4.78, 5) is 6.51. The van der Waals surface area contributed by atoms with Gasteiger partial charge in [-0.3, -0.25) is 9.88 Å². The SMILES string of the molecule is OCC1[C@H]2CN(Cc3ccnn3-c3ccncc3)C[C@@H]12. The first-order valence-electron chi connectivity index (χ1n) is 7.13. The van der Waals surface area contributed by atoms with Gasteiger partial charge in [-0.25, -0.2) is 4.68 Å². The van der Waals surface area contributed by atoms with Crippen LogP contribution < -0.4 is 0 Å². The van der Waals surface area contributed by atoms with Gasteiger partial charge in [0.15, 0.2) is 0 Å². The van der Waals surface area contributed by atoms with E-state index in [1.807, 2.05) is 23.0 Å². The number of rotatable bonds is 4. The van der Waals surface area contributed by atoms with E-state index >= 15 is 0 Å². The third-order valence-corrected chi connectivity index (χ3v) is 4.67. The molecule has 1 saturated carbocycles. The minimum atomic E-state index is 0.359. The van der Waals surface area contributed by atoms with Crippen LogP contribution in [0.1, 0.15) is 5.69 Å². The number of fused-ring (bicyclic) bond motifs is 1. The Morgan fingerprint density at radius 2 is 1.85 bits per heavy atom. The Morgan fingerprint density at radius 1 is 1.10 bits per heavy atom. The molecule has 5 nitrogen and oxygen atoms in total. The number of hydrogen-bond donors (Lipinski definition) is 1. The number of aliphatic hydroxyl groups is 1. The molecule has 2 fully saturated rings. The molecule has 2 aromatic heterocycles. The van der Waals surface area contributed by atoms with Gasteiger partial charge in [0.2, 0.25) is 0 Å². The van der Waals surface area contributed by atoms with Crippen LogP contribution >= 0.6 is 0 Å². The smallest absolute Gasteiger partial charge is 0.0679 e. The molecule has 0 spiro atoms. The van der Waals surface area contributed by atoms with E-state index in [0.29, 0.717) is 12.5 Å². The van der Waals surface area contributed by atoms with Gasteiger partial charge in [0.1, 0.15) is 0 Å². The monoisotopic (exact) mass is 270 g/mol. The van der Waals surface area contributed by atoms with E-state index in [4.69, 9.17) is 0 Å². The maximum atomic E-state index is 9.21. The Hall–Kier alpha value is -1.72. The third-order valence-electron chi connectivity index (χ3n) is 4.67. The standard InChI is InChI=1S/C15H18N4O/c20-10-15-13-8-18(9-14(13)15)7-12-3-6-17-19(12)11-1-4-16-5-2-11/h1-6,13-15,20H,7-10H2/t13-,14+,15?. The zero-order chi connectivity index (χ0) is 13.5. The summed E-state index contributed by atoms with van der Waals surface area (Å²) in [5.74, 6) is 2.01. The van der Waals surface area contributed by atoms with Gasteiger partial charge in [-0.05, 0) is 36.0 Å². The van der Waals surface area contributed by atoms with Crippen molar-refractivity contribution in [2.24, 2.45) is 17.8 Å². The summed E-state index contributed by atoms with van der Waals surface area (Å²) in [7, 11) is 0. The van der Waals surface area contributed by atoms with Crippen molar-refractivity contribution in [3.05, 3.63) is 42.5 Å². The Balaban J connectivity index is 1.47. The highest BCUT2D eigenvalue weighted by Crippen LogP contribution is 2.51. The molecule has 1 aliphatic heterocycles. The van der Waals surface area contributed by atoms with Gasteiger partial charge in [0.05, 0.1) is 11.4 Å². The number of nitrogens with zero attached hydrogens (tertiary/aromatic N) is 4. The van der Waals surface area contributed by atoms with Crippen molar-refractivity contribution in [2.75, 3.05) is 19.7 Å². The van der Waals surface area contributed by atoms with Crippen LogP contribution in [0.15, 0.2) is 36.8 Å². The van der Waals surface area contributed by atoms with Crippen LogP contribution in [0.25, 0.3) is 5.69 Å². The highest BCUT2D eigenvalue weighted by Gasteiger charge is 2.54. The van der Waals surface area contributed by atoms with Gasteiger partial charge in [-0.15, -0.1) is 0 Å². The molecule has 1 aliphatic carbocycles. The largest absolute Gasteiger partial charge is 0.396 e. The van der Waals surface area contributed by atoms with Crippen molar-refractivity contribution >= 4 is 0 Å². The van der Waals surface area contributed by atoms with Gasteiger partial charge in [0.25, 0.3) is 0 Å². The lowest BCUT2D eigenvalue weighted by molar-refractivity contribution is 0.215. The Kier molecular flexibility index (Phi) is 2.82. The molecule has 0 amide bonds. The topological polar surface area (TPSA) is 54.2 Å². The maximum Gasteiger partial charge on any atom is 0.0679 e. The quantitative estimate of drug-likeness (QED) is 0.898. The lowest BCUT2D eigenvalue weighted by atomic mass is 10.2. The van der Waals surface area contributed by atoms with E-state index in [-0.39, 0.29) is 0 Å². The second-order valence-electron chi connectivity index (χ2n) is 5.81. The number of likely N-dealkylation sites (tertiary alicyclic amines) is 1. The highest BCUT2D eigenvalue weighted by atomic mass is 16.3. The Labute approximate surface area is 117 Å². The van der Waals surface area contributed by atoms with Crippen molar-refractivity contribution in [1.82, 2.24) is 19.7 Å². The van der Waals surface area contributed by atoms with Crippen LogP contribution in [-0.2, 0) is 6.54 Å². The average molecular weight is 270 g/mol. The fourth-order valence-electron chi connectivity index (χ4n) is 3.53. The summed E-state index contributed by atoms with van der Waals surface area (Å²) in [5.41, 5.74) is 2.26. The van der Waals surface area contributed by atoms with Gasteiger partial charge < -0.3 is 5.11 Å². The molecule has 4 rings (SSSR count). The van der Waals surface area contributed by atoms with E-state index < -0.39 is 0 Å². The number of hydrogen-bond acceptors (Lipinski definition) is 4. The number of aliphatic hydroxyl groups excluding tert-OH is 1. The van der Waals surface area contributed by atoms with Crippen molar-refractivity contribution in [2.45, 2.75) is 6.54 Å². The molecule has 2 aliphatic rings. The van der Waals surface area contributed by atoms with Gasteiger partial charge in [0, 0.05) is 44.8 Å². The summed E-state index contributed by atoms with van der Waals surface area (Å²) in [6, 6.07) is 6.02. The lowest BCUT2D eigenvalue weighted by Crippen LogP contribution is -2.26. The minimum Gasteiger partial charge on any atom is -0.396 e. The number of pyridine rings is 1. The molecule has 0 aromatic carbocycles. The van der Waals surface area contributed by atoms with E-state index in [9.17, 15) is 5.11 Å². The van der Waals surface area contributed by atoms with Crippen LogP contribution in [0, 0.1) is 17.8 Å². The van der Waals surface area contributed by atoms with Crippen LogP contribution in [-0.4, -0.2) is 44.5 Å². The zero-order valence-corrected chi connectivity index (χ0v) is 11.3. The predicted octanol–water partition coefficient (Wildman–Crippen LogP) is 0.937. The van der Waals surface area contributed by atoms with E-state index in [2.05, 4.69) is 21.0 Å². The Bertz CT molecular complexity index is 585. The molecule has 2 aromatic rings. The van der Waals surface area contributed by atoms with Crippen LogP contribution in [0.2, 0.25) is 0 Å². The molecule has 3 heterocycles. The first-order chi connectivity index (χ1) is 9.86. The molecule has 5 heteroatoms. The molecule has 20 heavy (non-hydrogen) atoms. The molecular weight excluding hydrogens is 252 g/mol. The average Bonchev–Trinajstić information content (AvgIpc) is 2.85.